The Morgan fingerprint density at radius 2 is 2.00 bits per heavy atom. The molecule has 0 aliphatic carbocycles. The van der Waals surface area contributed by atoms with E-state index in [2.05, 4.69) is 11.9 Å². The zero-order valence-electron chi connectivity index (χ0n) is 10.5. The van der Waals surface area contributed by atoms with E-state index in [1.807, 2.05) is 0 Å². The fourth-order valence-corrected chi connectivity index (χ4v) is 1.96. The van der Waals surface area contributed by atoms with Crippen LogP contribution in [-0.4, -0.2) is 58.0 Å². The van der Waals surface area contributed by atoms with Gasteiger partial charge in [-0.25, -0.2) is 0 Å². The molecule has 2 N–H and O–H groups in total. The maximum absolute atomic E-state index is 5.36. The van der Waals surface area contributed by atoms with Gasteiger partial charge in [-0.15, -0.1) is 0 Å². The van der Waals surface area contributed by atoms with E-state index in [-0.39, 0.29) is 0 Å². The van der Waals surface area contributed by atoms with Crippen molar-refractivity contribution >= 4 is 0 Å². The van der Waals surface area contributed by atoms with Crippen molar-refractivity contribution in [1.29, 1.82) is 0 Å². The van der Waals surface area contributed by atoms with Crippen LogP contribution < -0.4 is 5.73 Å². The molecule has 1 aliphatic heterocycles. The summed E-state index contributed by atoms with van der Waals surface area (Å²) in [4.78, 5) is 2.34. The van der Waals surface area contributed by atoms with E-state index in [1.165, 1.54) is 19.3 Å². The molecule has 4 nitrogen and oxygen atoms in total. The lowest BCUT2D eigenvalue weighted by molar-refractivity contribution is 0.0590. The summed E-state index contributed by atoms with van der Waals surface area (Å²) in [5.74, 6) is 0.862. The summed E-state index contributed by atoms with van der Waals surface area (Å²) in [6.07, 6.45) is 3.76. The number of ether oxygens (including phenoxy) is 2. The summed E-state index contributed by atoms with van der Waals surface area (Å²) in [7, 11) is 2.16. The number of rotatable bonds is 8. The largest absolute Gasteiger partial charge is 0.381 e. The SMILES string of the molecule is CN(CCOCCN)CCC1CCOCC1. The van der Waals surface area contributed by atoms with Gasteiger partial charge in [0.15, 0.2) is 0 Å². The van der Waals surface area contributed by atoms with Crippen LogP contribution in [-0.2, 0) is 9.47 Å². The first kappa shape index (κ1) is 13.9. The Labute approximate surface area is 99.1 Å². The Hall–Kier alpha value is -0.160. The Kier molecular flexibility index (Phi) is 7.76. The molecule has 0 unspecified atom stereocenters. The second kappa shape index (κ2) is 8.93. The monoisotopic (exact) mass is 230 g/mol. The molecule has 0 aromatic rings. The molecule has 0 aromatic carbocycles. The fraction of sp³-hybridized carbons (Fsp3) is 1.00. The fourth-order valence-electron chi connectivity index (χ4n) is 1.96. The highest BCUT2D eigenvalue weighted by Gasteiger charge is 2.13. The van der Waals surface area contributed by atoms with E-state index in [4.69, 9.17) is 15.2 Å². The van der Waals surface area contributed by atoms with Crippen LogP contribution in [0.2, 0.25) is 0 Å². The molecule has 0 aromatic heterocycles. The van der Waals surface area contributed by atoms with Crippen LogP contribution >= 0.6 is 0 Å². The minimum absolute atomic E-state index is 0.617. The van der Waals surface area contributed by atoms with Crippen molar-refractivity contribution in [2.75, 3.05) is 53.1 Å². The minimum atomic E-state index is 0.617. The van der Waals surface area contributed by atoms with E-state index in [0.29, 0.717) is 13.2 Å². The second-order valence-electron chi connectivity index (χ2n) is 4.55. The molecule has 4 heteroatoms. The second-order valence-corrected chi connectivity index (χ2v) is 4.55. The van der Waals surface area contributed by atoms with E-state index in [9.17, 15) is 0 Å². The summed E-state index contributed by atoms with van der Waals surface area (Å²) in [6.45, 7) is 6.16. The summed E-state index contributed by atoms with van der Waals surface area (Å²) in [5, 5.41) is 0. The lowest BCUT2D eigenvalue weighted by Gasteiger charge is -2.24. The molecule has 1 saturated heterocycles. The predicted octanol–water partition coefficient (Wildman–Crippen LogP) is 0.710. The third kappa shape index (κ3) is 6.43. The quantitative estimate of drug-likeness (QED) is 0.624. The van der Waals surface area contributed by atoms with Crippen molar-refractivity contribution < 1.29 is 9.47 Å². The molecular weight excluding hydrogens is 204 g/mol. The summed E-state index contributed by atoms with van der Waals surface area (Å²) in [5.41, 5.74) is 5.35. The van der Waals surface area contributed by atoms with E-state index >= 15 is 0 Å². The molecule has 0 atom stereocenters. The topological polar surface area (TPSA) is 47.7 Å². The normalized spacial score (nSPS) is 18.2. The van der Waals surface area contributed by atoms with Crippen LogP contribution in [0, 0.1) is 5.92 Å². The van der Waals surface area contributed by atoms with Gasteiger partial charge in [-0.05, 0) is 38.8 Å². The van der Waals surface area contributed by atoms with E-state index < -0.39 is 0 Å². The Bertz CT molecular complexity index is 161. The molecule has 16 heavy (non-hydrogen) atoms. The molecule has 96 valence electrons. The number of hydrogen-bond acceptors (Lipinski definition) is 4. The van der Waals surface area contributed by atoms with Gasteiger partial charge in [-0.1, -0.05) is 0 Å². The van der Waals surface area contributed by atoms with Gasteiger partial charge in [0.05, 0.1) is 13.2 Å². The number of nitrogens with two attached hydrogens (primary N) is 1. The molecule has 0 bridgehead atoms. The van der Waals surface area contributed by atoms with Gasteiger partial charge >= 0.3 is 0 Å². The lowest BCUT2D eigenvalue weighted by Crippen LogP contribution is -2.28. The van der Waals surface area contributed by atoms with Gasteiger partial charge < -0.3 is 20.1 Å². The van der Waals surface area contributed by atoms with Crippen LogP contribution in [0.4, 0.5) is 0 Å². The maximum atomic E-state index is 5.36. The molecule has 0 radical (unpaired) electrons. The van der Waals surface area contributed by atoms with Crippen molar-refractivity contribution in [2.24, 2.45) is 11.7 Å². The average molecular weight is 230 g/mol. The zero-order chi connectivity index (χ0) is 11.6. The van der Waals surface area contributed by atoms with Gasteiger partial charge in [0.1, 0.15) is 0 Å². The predicted molar refractivity (Wildman–Crippen MR) is 65.5 cm³/mol. The molecule has 1 heterocycles. The third-order valence-electron chi connectivity index (χ3n) is 3.14. The first-order valence-corrected chi connectivity index (χ1v) is 6.37. The maximum Gasteiger partial charge on any atom is 0.0593 e. The van der Waals surface area contributed by atoms with Crippen LogP contribution in [0.5, 0.6) is 0 Å². The average Bonchev–Trinajstić information content (AvgIpc) is 2.33. The van der Waals surface area contributed by atoms with Crippen LogP contribution in [0.1, 0.15) is 19.3 Å². The standard InChI is InChI=1S/C12H26N2O2/c1-14(7-11-16-10-5-13)6-2-12-3-8-15-9-4-12/h12H,2-11,13H2,1H3. The molecule has 0 saturated carbocycles. The van der Waals surface area contributed by atoms with Crippen LogP contribution in [0.3, 0.4) is 0 Å². The zero-order valence-corrected chi connectivity index (χ0v) is 10.5. The molecule has 0 amide bonds. The molecule has 1 rings (SSSR count). The number of nitrogens with zero attached hydrogens (tertiary/aromatic N) is 1. The highest BCUT2D eigenvalue weighted by atomic mass is 16.5. The smallest absolute Gasteiger partial charge is 0.0593 e. The van der Waals surface area contributed by atoms with Gasteiger partial charge in [0.25, 0.3) is 0 Å². The van der Waals surface area contributed by atoms with Crippen molar-refractivity contribution in [3.05, 3.63) is 0 Å². The van der Waals surface area contributed by atoms with Crippen molar-refractivity contribution in [1.82, 2.24) is 4.90 Å². The molecular formula is C12H26N2O2. The van der Waals surface area contributed by atoms with Gasteiger partial charge in [0.2, 0.25) is 0 Å². The van der Waals surface area contributed by atoms with Crippen LogP contribution in [0.25, 0.3) is 0 Å². The molecule has 1 fully saturated rings. The lowest BCUT2D eigenvalue weighted by atomic mass is 9.96. The van der Waals surface area contributed by atoms with E-state index in [1.54, 1.807) is 0 Å². The summed E-state index contributed by atoms with van der Waals surface area (Å²) >= 11 is 0. The van der Waals surface area contributed by atoms with Gasteiger partial charge in [0, 0.05) is 26.3 Å². The first-order chi connectivity index (χ1) is 7.83. The highest BCUT2D eigenvalue weighted by molar-refractivity contribution is 4.65. The molecule has 1 aliphatic rings. The summed E-state index contributed by atoms with van der Waals surface area (Å²) in [6, 6.07) is 0. The van der Waals surface area contributed by atoms with Gasteiger partial charge in [-0.3, -0.25) is 0 Å². The van der Waals surface area contributed by atoms with Crippen molar-refractivity contribution in [2.45, 2.75) is 19.3 Å². The first-order valence-electron chi connectivity index (χ1n) is 6.37. The Morgan fingerprint density at radius 1 is 1.25 bits per heavy atom. The Morgan fingerprint density at radius 3 is 2.69 bits per heavy atom. The highest BCUT2D eigenvalue weighted by Crippen LogP contribution is 2.18. The number of likely N-dealkylation sites (N-methyl/N-ethyl adjacent to an activating group) is 1. The van der Waals surface area contributed by atoms with Gasteiger partial charge in [-0.2, -0.15) is 0 Å². The van der Waals surface area contributed by atoms with Crippen molar-refractivity contribution in [3.8, 4) is 0 Å². The number of hydrogen-bond donors (Lipinski definition) is 1. The van der Waals surface area contributed by atoms with E-state index in [0.717, 1.165) is 38.8 Å². The Balaban J connectivity index is 1.94. The van der Waals surface area contributed by atoms with Crippen LogP contribution in [0.15, 0.2) is 0 Å². The third-order valence-corrected chi connectivity index (χ3v) is 3.14. The summed E-state index contributed by atoms with van der Waals surface area (Å²) < 4.78 is 10.7. The minimum Gasteiger partial charge on any atom is -0.381 e. The van der Waals surface area contributed by atoms with Crippen molar-refractivity contribution in [3.63, 3.8) is 0 Å². The molecule has 0 spiro atoms.